The molecule has 0 heterocycles. The molecule has 1 unspecified atom stereocenters. The van der Waals surface area contributed by atoms with Crippen LogP contribution >= 0.6 is 0 Å². The van der Waals surface area contributed by atoms with Crippen molar-refractivity contribution in [3.63, 3.8) is 0 Å². The smallest absolute Gasteiger partial charge is 0.221 e. The third-order valence-corrected chi connectivity index (χ3v) is 4.49. The molecule has 1 aliphatic carbocycles. The van der Waals surface area contributed by atoms with Crippen LogP contribution in [-0.2, 0) is 4.79 Å². The first-order valence-electron chi connectivity index (χ1n) is 8.17. The molecule has 0 saturated heterocycles. The van der Waals surface area contributed by atoms with Crippen molar-refractivity contribution in [2.45, 2.75) is 64.5 Å². The lowest BCUT2D eigenvalue weighted by Gasteiger charge is -2.36. The van der Waals surface area contributed by atoms with E-state index < -0.39 is 0 Å². The molecule has 1 aliphatic rings. The molecule has 116 valence electrons. The van der Waals surface area contributed by atoms with Crippen LogP contribution in [0.25, 0.3) is 0 Å². The van der Waals surface area contributed by atoms with Gasteiger partial charge in [0.2, 0.25) is 5.91 Å². The van der Waals surface area contributed by atoms with Gasteiger partial charge in [0.05, 0.1) is 0 Å². The largest absolute Gasteiger partial charge is 0.354 e. The zero-order valence-corrected chi connectivity index (χ0v) is 13.5. The van der Waals surface area contributed by atoms with E-state index in [1.165, 1.54) is 24.0 Å². The van der Waals surface area contributed by atoms with Gasteiger partial charge >= 0.3 is 0 Å². The maximum absolute atomic E-state index is 11.7. The topological polar surface area (TPSA) is 41.1 Å². The van der Waals surface area contributed by atoms with Crippen LogP contribution in [0.5, 0.6) is 0 Å². The number of nitrogens with one attached hydrogen (secondary N) is 2. The van der Waals surface area contributed by atoms with Crippen LogP contribution < -0.4 is 10.6 Å². The highest BCUT2D eigenvalue weighted by Gasteiger charge is 2.29. The summed E-state index contributed by atoms with van der Waals surface area (Å²) in [6.07, 6.45) is 3.95. The van der Waals surface area contributed by atoms with Gasteiger partial charge in [-0.1, -0.05) is 36.8 Å². The molecule has 1 aromatic carbocycles. The van der Waals surface area contributed by atoms with E-state index in [1.54, 1.807) is 0 Å². The standard InChI is InChI=1S/C18H28N2O/c1-4-14(3)20-18(21)9-10-19-17-11-16(12-17)15-7-5-13(2)6-8-15/h5-8,14,16-17,19H,4,9-12H2,1-3H3,(H,20,21). The predicted octanol–water partition coefficient (Wildman–Crippen LogP) is 3.14. The highest BCUT2D eigenvalue weighted by Crippen LogP contribution is 2.36. The first kappa shape index (κ1) is 16.0. The van der Waals surface area contributed by atoms with E-state index in [1.807, 2.05) is 6.92 Å². The van der Waals surface area contributed by atoms with Crippen molar-refractivity contribution in [3.05, 3.63) is 35.4 Å². The summed E-state index contributed by atoms with van der Waals surface area (Å²) in [4.78, 5) is 11.7. The van der Waals surface area contributed by atoms with E-state index in [2.05, 4.69) is 48.7 Å². The normalized spacial score (nSPS) is 22.4. The highest BCUT2D eigenvalue weighted by atomic mass is 16.1. The van der Waals surface area contributed by atoms with Crippen LogP contribution in [0.3, 0.4) is 0 Å². The first-order chi connectivity index (χ1) is 10.1. The maximum atomic E-state index is 11.7. The fraction of sp³-hybridized carbons (Fsp3) is 0.611. The summed E-state index contributed by atoms with van der Waals surface area (Å²) in [5.74, 6) is 0.850. The summed E-state index contributed by atoms with van der Waals surface area (Å²) in [6, 6.07) is 9.73. The average molecular weight is 288 g/mol. The van der Waals surface area contributed by atoms with Crippen LogP contribution in [0.1, 0.15) is 56.6 Å². The lowest BCUT2D eigenvalue weighted by atomic mass is 9.76. The Morgan fingerprint density at radius 1 is 1.29 bits per heavy atom. The Morgan fingerprint density at radius 3 is 2.57 bits per heavy atom. The monoisotopic (exact) mass is 288 g/mol. The minimum absolute atomic E-state index is 0.159. The third-order valence-electron chi connectivity index (χ3n) is 4.49. The van der Waals surface area contributed by atoms with Crippen LogP contribution in [0.2, 0.25) is 0 Å². The van der Waals surface area contributed by atoms with Gasteiger partial charge in [-0.25, -0.2) is 0 Å². The molecule has 2 N–H and O–H groups in total. The molecule has 0 radical (unpaired) electrons. The van der Waals surface area contributed by atoms with Gasteiger partial charge in [-0.05, 0) is 44.6 Å². The molecule has 1 amide bonds. The molecule has 0 aliphatic heterocycles. The van der Waals surface area contributed by atoms with E-state index in [0.717, 1.165) is 13.0 Å². The summed E-state index contributed by atoms with van der Waals surface area (Å²) >= 11 is 0. The first-order valence-corrected chi connectivity index (χ1v) is 8.17. The van der Waals surface area contributed by atoms with Gasteiger partial charge < -0.3 is 10.6 Å². The molecule has 0 aromatic heterocycles. The van der Waals surface area contributed by atoms with Gasteiger partial charge in [0, 0.05) is 25.0 Å². The second-order valence-corrected chi connectivity index (χ2v) is 6.36. The molecular weight excluding hydrogens is 260 g/mol. The van der Waals surface area contributed by atoms with E-state index >= 15 is 0 Å². The van der Waals surface area contributed by atoms with Crippen molar-refractivity contribution >= 4 is 5.91 Å². The molecule has 1 fully saturated rings. The summed E-state index contributed by atoms with van der Waals surface area (Å²) < 4.78 is 0. The Morgan fingerprint density at radius 2 is 1.95 bits per heavy atom. The van der Waals surface area contributed by atoms with Crippen LogP contribution in [0.15, 0.2) is 24.3 Å². The number of benzene rings is 1. The van der Waals surface area contributed by atoms with E-state index in [4.69, 9.17) is 0 Å². The van der Waals surface area contributed by atoms with E-state index in [9.17, 15) is 4.79 Å². The Bertz CT molecular complexity index is 449. The molecular formula is C18H28N2O. The van der Waals surface area contributed by atoms with Gasteiger partial charge in [-0.3, -0.25) is 4.79 Å². The number of aryl methyl sites for hydroxylation is 1. The van der Waals surface area contributed by atoms with Gasteiger partial charge in [0.1, 0.15) is 0 Å². The van der Waals surface area contributed by atoms with Crippen molar-refractivity contribution in [2.24, 2.45) is 0 Å². The summed E-state index contributed by atoms with van der Waals surface area (Å²) in [5.41, 5.74) is 2.77. The second-order valence-electron chi connectivity index (χ2n) is 6.36. The zero-order valence-electron chi connectivity index (χ0n) is 13.5. The molecule has 1 saturated carbocycles. The molecule has 3 heteroatoms. The lowest BCUT2D eigenvalue weighted by Crippen LogP contribution is -2.42. The zero-order chi connectivity index (χ0) is 15.2. The summed E-state index contributed by atoms with van der Waals surface area (Å²) in [7, 11) is 0. The van der Waals surface area contributed by atoms with Crippen molar-refractivity contribution in [1.29, 1.82) is 0 Å². The van der Waals surface area contributed by atoms with Gasteiger partial charge in [-0.2, -0.15) is 0 Å². The van der Waals surface area contributed by atoms with Crippen LogP contribution in [0, 0.1) is 6.92 Å². The van der Waals surface area contributed by atoms with Crippen LogP contribution in [0.4, 0.5) is 0 Å². The fourth-order valence-electron chi connectivity index (χ4n) is 2.73. The van der Waals surface area contributed by atoms with Crippen molar-refractivity contribution in [3.8, 4) is 0 Å². The quantitative estimate of drug-likeness (QED) is 0.809. The van der Waals surface area contributed by atoms with Crippen molar-refractivity contribution in [1.82, 2.24) is 10.6 Å². The van der Waals surface area contributed by atoms with E-state index in [-0.39, 0.29) is 11.9 Å². The maximum Gasteiger partial charge on any atom is 0.221 e. The van der Waals surface area contributed by atoms with Crippen molar-refractivity contribution < 1.29 is 4.79 Å². The Balaban J connectivity index is 1.60. The fourth-order valence-corrected chi connectivity index (χ4v) is 2.73. The molecule has 2 rings (SSSR count). The number of amides is 1. The van der Waals surface area contributed by atoms with Crippen molar-refractivity contribution in [2.75, 3.05) is 6.54 Å². The number of hydrogen-bond acceptors (Lipinski definition) is 2. The minimum Gasteiger partial charge on any atom is -0.354 e. The SMILES string of the molecule is CCC(C)NC(=O)CCNC1CC(c2ccc(C)cc2)C1. The molecule has 21 heavy (non-hydrogen) atoms. The predicted molar refractivity (Wildman–Crippen MR) is 87.5 cm³/mol. The van der Waals surface area contributed by atoms with Crippen LogP contribution in [-0.4, -0.2) is 24.5 Å². The van der Waals surface area contributed by atoms with Gasteiger partial charge in [0.15, 0.2) is 0 Å². The minimum atomic E-state index is 0.159. The Labute approximate surface area is 128 Å². The number of carbonyl (C=O) groups excluding carboxylic acids is 1. The molecule has 1 aromatic rings. The Hall–Kier alpha value is -1.35. The lowest BCUT2D eigenvalue weighted by molar-refractivity contribution is -0.121. The summed E-state index contributed by atoms with van der Waals surface area (Å²) in [5, 5.41) is 6.49. The number of hydrogen-bond donors (Lipinski definition) is 2. The number of carbonyl (C=O) groups is 1. The highest BCUT2D eigenvalue weighted by molar-refractivity contribution is 5.76. The average Bonchev–Trinajstić information content (AvgIpc) is 2.42. The molecule has 1 atom stereocenters. The molecule has 3 nitrogen and oxygen atoms in total. The molecule has 0 bridgehead atoms. The van der Waals surface area contributed by atoms with Gasteiger partial charge in [-0.15, -0.1) is 0 Å². The van der Waals surface area contributed by atoms with E-state index in [0.29, 0.717) is 18.4 Å². The second kappa shape index (κ2) is 7.60. The molecule has 0 spiro atoms. The summed E-state index contributed by atoms with van der Waals surface area (Å²) in [6.45, 7) is 7.04. The Kier molecular flexibility index (Phi) is 5.80. The number of rotatable bonds is 7. The third kappa shape index (κ3) is 4.85. The van der Waals surface area contributed by atoms with Gasteiger partial charge in [0.25, 0.3) is 0 Å².